The van der Waals surface area contributed by atoms with Crippen molar-refractivity contribution in [1.82, 2.24) is 15.1 Å². The van der Waals surface area contributed by atoms with Crippen LogP contribution in [0.5, 0.6) is 0 Å². The maximum Gasteiger partial charge on any atom is 0.471 e. The number of likely N-dealkylation sites (N-methyl/N-ethyl adjacent to an activating group) is 1. The SMILES string of the molecule is CNCCN(CCCCN1C(=O)C=CC1=O)C(=O)C(F)(F)F. The lowest BCUT2D eigenvalue weighted by atomic mass is 10.2. The summed E-state index contributed by atoms with van der Waals surface area (Å²) in [7, 11) is 1.58. The molecule has 0 saturated heterocycles. The molecule has 0 bridgehead atoms. The van der Waals surface area contributed by atoms with E-state index in [1.807, 2.05) is 0 Å². The van der Waals surface area contributed by atoms with Gasteiger partial charge in [-0.25, -0.2) is 0 Å². The van der Waals surface area contributed by atoms with Crippen LogP contribution in [0.15, 0.2) is 12.2 Å². The maximum atomic E-state index is 12.5. The van der Waals surface area contributed by atoms with Crippen molar-refractivity contribution in [2.45, 2.75) is 19.0 Å². The Morgan fingerprint density at radius 1 is 1.18 bits per heavy atom. The van der Waals surface area contributed by atoms with Crippen molar-refractivity contribution in [3.8, 4) is 0 Å². The quantitative estimate of drug-likeness (QED) is 0.516. The molecule has 1 aliphatic rings. The van der Waals surface area contributed by atoms with Crippen LogP contribution in [0.3, 0.4) is 0 Å². The van der Waals surface area contributed by atoms with Crippen molar-refractivity contribution in [2.75, 3.05) is 33.2 Å². The van der Waals surface area contributed by atoms with E-state index in [1.54, 1.807) is 7.05 Å². The minimum Gasteiger partial charge on any atom is -0.334 e. The molecule has 22 heavy (non-hydrogen) atoms. The zero-order valence-electron chi connectivity index (χ0n) is 12.2. The van der Waals surface area contributed by atoms with E-state index in [2.05, 4.69) is 5.32 Å². The van der Waals surface area contributed by atoms with E-state index in [0.717, 1.165) is 22.0 Å². The first-order valence-corrected chi connectivity index (χ1v) is 6.81. The van der Waals surface area contributed by atoms with Crippen LogP contribution in [0.2, 0.25) is 0 Å². The van der Waals surface area contributed by atoms with Crippen molar-refractivity contribution in [3.05, 3.63) is 12.2 Å². The zero-order chi connectivity index (χ0) is 16.8. The summed E-state index contributed by atoms with van der Waals surface area (Å²) in [5, 5.41) is 2.68. The number of nitrogens with zero attached hydrogens (tertiary/aromatic N) is 2. The first kappa shape index (κ1) is 18.1. The minimum absolute atomic E-state index is 0.0576. The molecular weight excluding hydrogens is 303 g/mol. The van der Waals surface area contributed by atoms with Gasteiger partial charge in [0.05, 0.1) is 0 Å². The minimum atomic E-state index is -4.90. The molecule has 9 heteroatoms. The fourth-order valence-corrected chi connectivity index (χ4v) is 1.97. The number of halogens is 3. The number of carbonyl (C=O) groups is 3. The molecule has 0 unspecified atom stereocenters. The lowest BCUT2D eigenvalue weighted by molar-refractivity contribution is -0.185. The molecule has 1 rings (SSSR count). The molecule has 1 N–H and O–H groups in total. The van der Waals surface area contributed by atoms with Crippen molar-refractivity contribution >= 4 is 17.7 Å². The van der Waals surface area contributed by atoms with E-state index in [0.29, 0.717) is 6.42 Å². The molecule has 3 amide bonds. The van der Waals surface area contributed by atoms with Crippen LogP contribution in [0.4, 0.5) is 13.2 Å². The molecular formula is C13H18F3N3O3. The second-order valence-electron chi connectivity index (χ2n) is 4.76. The van der Waals surface area contributed by atoms with Gasteiger partial charge in [0.15, 0.2) is 0 Å². The Morgan fingerprint density at radius 2 is 1.77 bits per heavy atom. The number of amides is 3. The Kier molecular flexibility index (Phi) is 6.54. The van der Waals surface area contributed by atoms with Gasteiger partial charge >= 0.3 is 12.1 Å². The Labute approximate surface area is 125 Å². The lowest BCUT2D eigenvalue weighted by Gasteiger charge is -2.24. The van der Waals surface area contributed by atoms with Crippen molar-refractivity contribution in [2.24, 2.45) is 0 Å². The first-order chi connectivity index (χ1) is 10.3. The van der Waals surface area contributed by atoms with Gasteiger partial charge in [-0.15, -0.1) is 0 Å². The number of rotatable bonds is 8. The molecule has 0 aromatic rings. The molecule has 124 valence electrons. The highest BCUT2D eigenvalue weighted by molar-refractivity contribution is 6.12. The number of hydrogen-bond donors (Lipinski definition) is 1. The second-order valence-corrected chi connectivity index (χ2v) is 4.76. The summed E-state index contributed by atoms with van der Waals surface area (Å²) < 4.78 is 37.4. The number of nitrogens with one attached hydrogen (secondary N) is 1. The molecule has 0 aromatic carbocycles. The van der Waals surface area contributed by atoms with Gasteiger partial charge in [-0.1, -0.05) is 0 Å². The van der Waals surface area contributed by atoms with Crippen LogP contribution in [-0.4, -0.2) is 66.9 Å². The van der Waals surface area contributed by atoms with Crippen LogP contribution in [0, 0.1) is 0 Å². The van der Waals surface area contributed by atoms with E-state index < -0.39 is 23.9 Å². The molecule has 0 aliphatic carbocycles. The molecule has 0 radical (unpaired) electrons. The summed E-state index contributed by atoms with van der Waals surface area (Å²) in [5.41, 5.74) is 0. The number of imide groups is 1. The highest BCUT2D eigenvalue weighted by Crippen LogP contribution is 2.18. The number of alkyl halides is 3. The standard InChI is InChI=1S/C13H18F3N3O3/c1-17-6-9-18(12(22)13(14,15)16)7-2-3-8-19-10(20)4-5-11(19)21/h4-5,17H,2-3,6-9H2,1H3. The monoisotopic (exact) mass is 321 g/mol. The summed E-state index contributed by atoms with van der Waals surface area (Å²) in [4.78, 5) is 35.6. The van der Waals surface area contributed by atoms with Crippen LogP contribution < -0.4 is 5.32 Å². The van der Waals surface area contributed by atoms with Gasteiger partial charge in [-0.2, -0.15) is 13.2 Å². The molecule has 6 nitrogen and oxygen atoms in total. The molecule has 0 atom stereocenters. The Morgan fingerprint density at radius 3 is 2.27 bits per heavy atom. The Hall–Kier alpha value is -1.90. The van der Waals surface area contributed by atoms with Crippen molar-refractivity contribution in [3.63, 3.8) is 0 Å². The van der Waals surface area contributed by atoms with E-state index in [-0.39, 0.29) is 32.6 Å². The summed E-state index contributed by atoms with van der Waals surface area (Å²) in [5.74, 6) is -2.73. The van der Waals surface area contributed by atoms with Crippen molar-refractivity contribution in [1.29, 1.82) is 0 Å². The smallest absolute Gasteiger partial charge is 0.334 e. The highest BCUT2D eigenvalue weighted by atomic mass is 19.4. The fraction of sp³-hybridized carbons (Fsp3) is 0.615. The number of carbonyl (C=O) groups excluding carboxylic acids is 3. The molecule has 0 spiro atoms. The summed E-state index contributed by atoms with van der Waals surface area (Å²) in [6.45, 7) is 0.237. The Bertz CT molecular complexity index is 445. The third-order valence-electron chi connectivity index (χ3n) is 3.12. The van der Waals surface area contributed by atoms with E-state index in [9.17, 15) is 27.6 Å². The van der Waals surface area contributed by atoms with Crippen LogP contribution in [0.1, 0.15) is 12.8 Å². The van der Waals surface area contributed by atoms with E-state index in [1.165, 1.54) is 0 Å². The van der Waals surface area contributed by atoms with Gasteiger partial charge in [-0.05, 0) is 19.9 Å². The predicted molar refractivity (Wildman–Crippen MR) is 71.7 cm³/mol. The molecule has 1 aliphatic heterocycles. The summed E-state index contributed by atoms with van der Waals surface area (Å²) >= 11 is 0. The average Bonchev–Trinajstić information content (AvgIpc) is 2.76. The van der Waals surface area contributed by atoms with Crippen LogP contribution >= 0.6 is 0 Å². The fourth-order valence-electron chi connectivity index (χ4n) is 1.97. The zero-order valence-corrected chi connectivity index (χ0v) is 12.2. The highest BCUT2D eigenvalue weighted by Gasteiger charge is 2.42. The maximum absolute atomic E-state index is 12.5. The van der Waals surface area contributed by atoms with Gasteiger partial charge in [0.25, 0.3) is 11.8 Å². The van der Waals surface area contributed by atoms with Gasteiger partial charge in [0.1, 0.15) is 0 Å². The third-order valence-corrected chi connectivity index (χ3v) is 3.12. The van der Waals surface area contributed by atoms with E-state index in [4.69, 9.17) is 0 Å². The van der Waals surface area contributed by atoms with Gasteiger partial charge in [0.2, 0.25) is 0 Å². The normalized spacial score (nSPS) is 14.8. The van der Waals surface area contributed by atoms with Gasteiger partial charge in [0, 0.05) is 38.3 Å². The molecule has 0 aromatic heterocycles. The van der Waals surface area contributed by atoms with Crippen LogP contribution in [0.25, 0.3) is 0 Å². The first-order valence-electron chi connectivity index (χ1n) is 6.81. The van der Waals surface area contributed by atoms with E-state index >= 15 is 0 Å². The van der Waals surface area contributed by atoms with Crippen molar-refractivity contribution < 1.29 is 27.6 Å². The molecule has 1 heterocycles. The second kappa shape index (κ2) is 7.92. The average molecular weight is 321 g/mol. The summed E-state index contributed by atoms with van der Waals surface area (Å²) in [6.07, 6.45) is -2.01. The number of unbranched alkanes of at least 4 members (excludes halogenated alkanes) is 1. The summed E-state index contributed by atoms with van der Waals surface area (Å²) in [6, 6.07) is 0. The Balaban J connectivity index is 2.42. The molecule has 0 saturated carbocycles. The third kappa shape index (κ3) is 5.14. The van der Waals surface area contributed by atoms with Gasteiger partial charge < -0.3 is 10.2 Å². The van der Waals surface area contributed by atoms with Gasteiger partial charge in [-0.3, -0.25) is 19.3 Å². The number of hydrogen-bond acceptors (Lipinski definition) is 4. The molecule has 0 fully saturated rings. The predicted octanol–water partition coefficient (Wildman–Crippen LogP) is 0.302. The lowest BCUT2D eigenvalue weighted by Crippen LogP contribution is -2.44. The topological polar surface area (TPSA) is 69.7 Å². The largest absolute Gasteiger partial charge is 0.471 e. The van der Waals surface area contributed by atoms with Crippen LogP contribution in [-0.2, 0) is 14.4 Å².